The van der Waals surface area contributed by atoms with E-state index in [4.69, 9.17) is 0 Å². The predicted octanol–water partition coefficient (Wildman–Crippen LogP) is 4.48. The molecule has 1 amide bonds. The van der Waals surface area contributed by atoms with Crippen LogP contribution in [-0.4, -0.2) is 34.4 Å². The zero-order valence-corrected chi connectivity index (χ0v) is 15.3. The Morgan fingerprint density at radius 3 is 1.96 bits per heavy atom. The summed E-state index contributed by atoms with van der Waals surface area (Å²) in [6.45, 7) is 0. The largest absolute Gasteiger partial charge is 0.337 e. The van der Waals surface area contributed by atoms with Crippen molar-refractivity contribution in [2.24, 2.45) is 23.2 Å². The summed E-state index contributed by atoms with van der Waals surface area (Å²) in [5.74, 6) is 3.44. The molecule has 2 aliphatic heterocycles. The minimum atomic E-state index is 0.418. The lowest BCUT2D eigenvalue weighted by Gasteiger charge is -2.57. The maximum Gasteiger partial charge on any atom is 0.223 e. The molecule has 2 nitrogen and oxygen atoms in total. The minimum absolute atomic E-state index is 0.418. The number of carbonyl (C=O) groups is 1. The van der Waals surface area contributed by atoms with Crippen LogP contribution in [0.5, 0.6) is 0 Å². The molecule has 2 heterocycles. The van der Waals surface area contributed by atoms with Crippen molar-refractivity contribution in [2.45, 2.75) is 88.0 Å². The summed E-state index contributed by atoms with van der Waals surface area (Å²) in [4.78, 5) is 15.6. The van der Waals surface area contributed by atoms with Crippen molar-refractivity contribution >= 4 is 17.7 Å². The molecule has 0 aromatic carbocycles. The molecular formula is C20H31NOS. The Hall–Kier alpha value is -0.180. The van der Waals surface area contributed by atoms with Gasteiger partial charge in [0.05, 0.1) is 0 Å². The van der Waals surface area contributed by atoms with Crippen molar-refractivity contribution in [1.29, 1.82) is 0 Å². The molecule has 0 radical (unpaired) electrons. The molecule has 6 rings (SSSR count). The van der Waals surface area contributed by atoms with Gasteiger partial charge in [-0.1, -0.05) is 0 Å². The Balaban J connectivity index is 1.31. The van der Waals surface area contributed by atoms with Gasteiger partial charge in [0.25, 0.3) is 0 Å². The molecular weight excluding hydrogens is 302 g/mol. The Bertz CT molecular complexity index is 455. The third kappa shape index (κ3) is 2.48. The summed E-state index contributed by atoms with van der Waals surface area (Å²) >= 11 is 2.02. The molecule has 0 N–H and O–H groups in total. The zero-order chi connectivity index (χ0) is 15.6. The van der Waals surface area contributed by atoms with Gasteiger partial charge in [0, 0.05) is 23.8 Å². The van der Waals surface area contributed by atoms with Crippen LogP contribution in [0.4, 0.5) is 0 Å². The SMILES string of the molecule is CSC1CC2CCC(C1)N2C(=O)CC12CC3CC(CC(C3)C1)C2. The molecule has 6 bridgehead atoms. The average molecular weight is 334 g/mol. The van der Waals surface area contributed by atoms with E-state index in [-0.39, 0.29) is 0 Å². The van der Waals surface area contributed by atoms with E-state index in [2.05, 4.69) is 11.2 Å². The van der Waals surface area contributed by atoms with E-state index in [1.165, 1.54) is 64.2 Å². The Labute approximate surface area is 145 Å². The van der Waals surface area contributed by atoms with Gasteiger partial charge in [-0.05, 0) is 93.6 Å². The molecule has 3 heteroatoms. The highest BCUT2D eigenvalue weighted by atomic mass is 32.2. The Morgan fingerprint density at radius 2 is 1.48 bits per heavy atom. The van der Waals surface area contributed by atoms with Crippen LogP contribution < -0.4 is 0 Å². The van der Waals surface area contributed by atoms with Crippen molar-refractivity contribution in [3.05, 3.63) is 0 Å². The van der Waals surface area contributed by atoms with E-state index in [0.717, 1.165) is 29.4 Å². The molecule has 0 aromatic rings. The molecule has 6 fully saturated rings. The zero-order valence-electron chi connectivity index (χ0n) is 14.5. The molecule has 0 spiro atoms. The van der Waals surface area contributed by atoms with Gasteiger partial charge in [-0.3, -0.25) is 4.79 Å². The number of hydrogen-bond donors (Lipinski definition) is 0. The summed E-state index contributed by atoms with van der Waals surface area (Å²) in [7, 11) is 0. The highest BCUT2D eigenvalue weighted by molar-refractivity contribution is 7.99. The van der Waals surface area contributed by atoms with Crippen molar-refractivity contribution in [2.75, 3.05) is 6.26 Å². The van der Waals surface area contributed by atoms with Crippen molar-refractivity contribution in [1.82, 2.24) is 4.90 Å². The maximum absolute atomic E-state index is 13.3. The van der Waals surface area contributed by atoms with Gasteiger partial charge in [0.2, 0.25) is 5.91 Å². The first kappa shape index (κ1) is 15.1. The van der Waals surface area contributed by atoms with Gasteiger partial charge >= 0.3 is 0 Å². The first-order valence-corrected chi connectivity index (χ1v) is 11.3. The van der Waals surface area contributed by atoms with Gasteiger partial charge in [-0.15, -0.1) is 0 Å². The summed E-state index contributed by atoms with van der Waals surface area (Å²) in [5.41, 5.74) is 0.418. The summed E-state index contributed by atoms with van der Waals surface area (Å²) < 4.78 is 0. The molecule has 0 aromatic heterocycles. The fourth-order valence-electron chi connectivity index (χ4n) is 7.65. The van der Waals surface area contributed by atoms with Crippen molar-refractivity contribution < 1.29 is 4.79 Å². The number of hydrogen-bond acceptors (Lipinski definition) is 2. The van der Waals surface area contributed by atoms with Gasteiger partial charge < -0.3 is 4.90 Å². The van der Waals surface area contributed by atoms with E-state index >= 15 is 0 Å². The second-order valence-corrected chi connectivity index (χ2v) is 10.7. The second kappa shape index (κ2) is 5.41. The first-order chi connectivity index (χ1) is 11.1. The van der Waals surface area contributed by atoms with Crippen LogP contribution in [0, 0.1) is 23.2 Å². The van der Waals surface area contributed by atoms with Crippen molar-refractivity contribution in [3.8, 4) is 0 Å². The van der Waals surface area contributed by atoms with Gasteiger partial charge in [0.1, 0.15) is 0 Å². The van der Waals surface area contributed by atoms with Gasteiger partial charge in [-0.25, -0.2) is 0 Å². The second-order valence-electron chi connectivity index (χ2n) is 9.61. The van der Waals surface area contributed by atoms with Gasteiger partial charge in [0.15, 0.2) is 0 Å². The molecule has 2 atom stereocenters. The number of thioether (sulfide) groups is 1. The van der Waals surface area contributed by atoms with Crippen LogP contribution in [0.25, 0.3) is 0 Å². The van der Waals surface area contributed by atoms with Crippen LogP contribution in [0.2, 0.25) is 0 Å². The Kier molecular flexibility index (Phi) is 3.55. The summed E-state index contributed by atoms with van der Waals surface area (Å²) in [6, 6.07) is 1.15. The number of nitrogens with zero attached hydrogens (tertiary/aromatic N) is 1. The predicted molar refractivity (Wildman–Crippen MR) is 95.4 cm³/mol. The molecule has 2 unspecified atom stereocenters. The summed E-state index contributed by atoms with van der Waals surface area (Å²) in [5, 5.41) is 0.802. The Morgan fingerprint density at radius 1 is 0.957 bits per heavy atom. The average Bonchev–Trinajstić information content (AvgIpc) is 2.76. The van der Waals surface area contributed by atoms with Gasteiger partial charge in [-0.2, -0.15) is 11.8 Å². The van der Waals surface area contributed by atoms with Crippen LogP contribution >= 0.6 is 11.8 Å². The van der Waals surface area contributed by atoms with Crippen LogP contribution in [0.15, 0.2) is 0 Å². The molecule has 128 valence electrons. The van der Waals surface area contributed by atoms with E-state index in [1.54, 1.807) is 0 Å². The molecule has 4 aliphatic carbocycles. The van der Waals surface area contributed by atoms with E-state index in [0.29, 0.717) is 23.4 Å². The normalized spacial score (nSPS) is 50.6. The number of piperidine rings is 1. The summed E-state index contributed by atoms with van der Waals surface area (Å²) in [6.07, 6.45) is 16.8. The highest BCUT2D eigenvalue weighted by Gasteiger charge is 2.53. The number of amides is 1. The highest BCUT2D eigenvalue weighted by Crippen LogP contribution is 2.61. The lowest BCUT2D eigenvalue weighted by atomic mass is 9.49. The van der Waals surface area contributed by atoms with Crippen LogP contribution in [0.3, 0.4) is 0 Å². The smallest absolute Gasteiger partial charge is 0.223 e. The minimum Gasteiger partial charge on any atom is -0.337 e. The molecule has 6 aliphatic rings. The fourth-order valence-corrected chi connectivity index (χ4v) is 8.47. The number of fused-ring (bicyclic) bond motifs is 2. The van der Waals surface area contributed by atoms with Crippen LogP contribution in [0.1, 0.15) is 70.6 Å². The quantitative estimate of drug-likeness (QED) is 0.759. The van der Waals surface area contributed by atoms with Crippen LogP contribution in [-0.2, 0) is 4.79 Å². The number of rotatable bonds is 3. The third-order valence-electron chi connectivity index (χ3n) is 8.00. The molecule has 2 saturated heterocycles. The number of carbonyl (C=O) groups excluding carboxylic acids is 1. The van der Waals surface area contributed by atoms with E-state index in [9.17, 15) is 4.79 Å². The van der Waals surface area contributed by atoms with E-state index in [1.807, 2.05) is 11.8 Å². The standard InChI is InChI=1S/C20H31NOS/c1-23-18-7-16-2-3-17(8-18)21(16)19(22)12-20-9-13-4-14(10-20)6-15(5-13)11-20/h13-18H,2-12H2,1H3. The van der Waals surface area contributed by atoms with E-state index < -0.39 is 0 Å². The monoisotopic (exact) mass is 333 g/mol. The lowest BCUT2D eigenvalue weighted by molar-refractivity contribution is -0.143. The first-order valence-electron chi connectivity index (χ1n) is 9.98. The third-order valence-corrected chi connectivity index (χ3v) is 9.05. The van der Waals surface area contributed by atoms with Crippen molar-refractivity contribution in [3.63, 3.8) is 0 Å². The maximum atomic E-state index is 13.3. The molecule has 23 heavy (non-hydrogen) atoms. The topological polar surface area (TPSA) is 20.3 Å². The fraction of sp³-hybridized carbons (Fsp3) is 0.950. The molecule has 4 saturated carbocycles. The lowest BCUT2D eigenvalue weighted by Crippen LogP contribution is -2.52.